The first kappa shape index (κ1) is 18.1. The number of rotatable bonds is 6. The Morgan fingerprint density at radius 3 is 2.39 bits per heavy atom. The number of piperidine rings is 1. The van der Waals surface area contributed by atoms with Gasteiger partial charge in [0.1, 0.15) is 0 Å². The van der Waals surface area contributed by atoms with E-state index in [1.54, 1.807) is 6.07 Å². The third-order valence-corrected chi connectivity index (χ3v) is 4.69. The van der Waals surface area contributed by atoms with Gasteiger partial charge < -0.3 is 10.6 Å². The average Bonchev–Trinajstić information content (AvgIpc) is 2.51. The minimum absolute atomic E-state index is 0.187. The van der Waals surface area contributed by atoms with Crippen LogP contribution < -0.4 is 5.73 Å². The second kappa shape index (κ2) is 8.04. The largest absolute Gasteiger partial charge is 0.416 e. The molecule has 2 nitrogen and oxygen atoms in total. The summed E-state index contributed by atoms with van der Waals surface area (Å²) in [5, 5.41) is 0. The summed E-state index contributed by atoms with van der Waals surface area (Å²) in [6.07, 6.45) is 2.49. The van der Waals surface area contributed by atoms with Crippen molar-refractivity contribution in [2.75, 3.05) is 25.4 Å². The average molecular weight is 328 g/mol. The zero-order valence-electron chi connectivity index (χ0n) is 13.8. The fourth-order valence-corrected chi connectivity index (χ4v) is 3.33. The van der Waals surface area contributed by atoms with E-state index < -0.39 is 11.7 Å². The van der Waals surface area contributed by atoms with Crippen LogP contribution in [0.4, 0.5) is 18.9 Å². The highest BCUT2D eigenvalue weighted by molar-refractivity contribution is 5.46. The van der Waals surface area contributed by atoms with E-state index in [0.29, 0.717) is 0 Å². The molecule has 0 amide bonds. The Hall–Kier alpha value is -1.23. The molecule has 2 rings (SSSR count). The van der Waals surface area contributed by atoms with Crippen molar-refractivity contribution in [2.45, 2.75) is 57.5 Å². The number of nitrogens with zero attached hydrogens (tertiary/aromatic N) is 1. The van der Waals surface area contributed by atoms with E-state index in [-0.39, 0.29) is 11.6 Å². The lowest BCUT2D eigenvalue weighted by atomic mass is 9.88. The highest BCUT2D eigenvalue weighted by atomic mass is 19.4. The van der Waals surface area contributed by atoms with Crippen LogP contribution in [-0.4, -0.2) is 24.5 Å². The lowest BCUT2D eigenvalue weighted by Gasteiger charge is -2.32. The minimum Gasteiger partial charge on any atom is -0.399 e. The number of benzene rings is 1. The minimum atomic E-state index is -4.33. The van der Waals surface area contributed by atoms with E-state index >= 15 is 0 Å². The van der Waals surface area contributed by atoms with Gasteiger partial charge in [0.2, 0.25) is 0 Å². The maximum Gasteiger partial charge on any atom is 0.416 e. The third-order valence-electron chi connectivity index (χ3n) is 4.69. The second-order valence-corrected chi connectivity index (χ2v) is 6.56. The van der Waals surface area contributed by atoms with Crippen LogP contribution in [0.5, 0.6) is 0 Å². The molecular formula is C18H27F3N2. The predicted octanol–water partition coefficient (Wildman–Crippen LogP) is 5.05. The Balaban J connectivity index is 1.91. The molecule has 1 aromatic carbocycles. The van der Waals surface area contributed by atoms with E-state index in [9.17, 15) is 13.2 Å². The number of nitrogen functional groups attached to an aromatic ring is 1. The van der Waals surface area contributed by atoms with Gasteiger partial charge >= 0.3 is 6.18 Å². The number of unbranched alkanes of at least 4 members (excludes halogenated alkanes) is 3. The van der Waals surface area contributed by atoms with Crippen molar-refractivity contribution in [2.24, 2.45) is 0 Å². The van der Waals surface area contributed by atoms with E-state index in [2.05, 4.69) is 11.8 Å². The summed E-state index contributed by atoms with van der Waals surface area (Å²) in [5.41, 5.74) is 5.99. The SMILES string of the molecule is CCCCCCN1CCC(c2cc(N)cc(C(F)(F)F)c2)CC1. The Morgan fingerprint density at radius 1 is 1.09 bits per heavy atom. The number of anilines is 1. The number of likely N-dealkylation sites (tertiary alicyclic amines) is 1. The summed E-state index contributed by atoms with van der Waals surface area (Å²) in [4.78, 5) is 2.43. The van der Waals surface area contributed by atoms with Gasteiger partial charge in [0.15, 0.2) is 0 Å². The fourth-order valence-electron chi connectivity index (χ4n) is 3.33. The van der Waals surface area contributed by atoms with Crippen molar-refractivity contribution < 1.29 is 13.2 Å². The van der Waals surface area contributed by atoms with Crippen molar-refractivity contribution in [3.05, 3.63) is 29.3 Å². The molecule has 1 aromatic rings. The molecular weight excluding hydrogens is 301 g/mol. The summed E-state index contributed by atoms with van der Waals surface area (Å²) in [6, 6.07) is 4.00. The van der Waals surface area contributed by atoms with Gasteiger partial charge in [-0.05, 0) is 68.6 Å². The normalized spacial score (nSPS) is 17.6. The molecule has 1 aliphatic heterocycles. The van der Waals surface area contributed by atoms with Gasteiger partial charge in [0.05, 0.1) is 5.56 Å². The van der Waals surface area contributed by atoms with Crippen LogP contribution in [-0.2, 0) is 6.18 Å². The van der Waals surface area contributed by atoms with Gasteiger partial charge in [-0.3, -0.25) is 0 Å². The van der Waals surface area contributed by atoms with E-state index in [4.69, 9.17) is 5.73 Å². The van der Waals surface area contributed by atoms with Crippen molar-refractivity contribution in [1.29, 1.82) is 0 Å². The lowest BCUT2D eigenvalue weighted by molar-refractivity contribution is -0.137. The van der Waals surface area contributed by atoms with Crippen molar-refractivity contribution in [3.8, 4) is 0 Å². The van der Waals surface area contributed by atoms with Gasteiger partial charge in [-0.2, -0.15) is 13.2 Å². The van der Waals surface area contributed by atoms with Gasteiger partial charge in [-0.25, -0.2) is 0 Å². The molecule has 1 saturated heterocycles. The molecule has 23 heavy (non-hydrogen) atoms. The molecule has 5 heteroatoms. The number of nitrogens with two attached hydrogens (primary N) is 1. The van der Waals surface area contributed by atoms with Gasteiger partial charge in [0.25, 0.3) is 0 Å². The Bertz CT molecular complexity index is 492. The van der Waals surface area contributed by atoms with Crippen LogP contribution in [0.25, 0.3) is 0 Å². The van der Waals surface area contributed by atoms with Gasteiger partial charge in [-0.15, -0.1) is 0 Å². The maximum atomic E-state index is 12.9. The van der Waals surface area contributed by atoms with Crippen LogP contribution in [0.2, 0.25) is 0 Å². The molecule has 0 aromatic heterocycles. The van der Waals surface area contributed by atoms with Crippen LogP contribution in [0.3, 0.4) is 0 Å². The van der Waals surface area contributed by atoms with Crippen LogP contribution in [0, 0.1) is 0 Å². The molecule has 0 unspecified atom stereocenters. The Labute approximate surface area is 136 Å². The highest BCUT2D eigenvalue weighted by Gasteiger charge is 2.32. The highest BCUT2D eigenvalue weighted by Crippen LogP contribution is 2.35. The first-order chi connectivity index (χ1) is 10.9. The zero-order chi connectivity index (χ0) is 16.9. The Morgan fingerprint density at radius 2 is 1.78 bits per heavy atom. The molecule has 130 valence electrons. The van der Waals surface area contributed by atoms with Crippen LogP contribution >= 0.6 is 0 Å². The van der Waals surface area contributed by atoms with E-state index in [0.717, 1.165) is 44.1 Å². The van der Waals surface area contributed by atoms with E-state index in [1.807, 2.05) is 0 Å². The van der Waals surface area contributed by atoms with Crippen LogP contribution in [0.15, 0.2) is 18.2 Å². The predicted molar refractivity (Wildman–Crippen MR) is 88.4 cm³/mol. The molecule has 0 spiro atoms. The lowest BCUT2D eigenvalue weighted by Crippen LogP contribution is -2.33. The smallest absolute Gasteiger partial charge is 0.399 e. The number of hydrogen-bond acceptors (Lipinski definition) is 2. The standard InChI is InChI=1S/C18H27F3N2/c1-2-3-4-5-8-23-9-6-14(7-10-23)15-11-16(18(19,20)21)13-17(22)12-15/h11-14H,2-10,22H2,1H3. The third kappa shape index (κ3) is 5.41. The number of halogens is 3. The summed E-state index contributed by atoms with van der Waals surface area (Å²) in [7, 11) is 0. The monoisotopic (exact) mass is 328 g/mol. The van der Waals surface area contributed by atoms with Gasteiger partial charge in [0, 0.05) is 5.69 Å². The van der Waals surface area contributed by atoms with Crippen molar-refractivity contribution in [1.82, 2.24) is 4.90 Å². The van der Waals surface area contributed by atoms with Crippen LogP contribution in [0.1, 0.15) is 62.5 Å². The molecule has 1 aliphatic rings. The first-order valence-electron chi connectivity index (χ1n) is 8.60. The molecule has 0 bridgehead atoms. The van der Waals surface area contributed by atoms with E-state index in [1.165, 1.54) is 31.7 Å². The molecule has 0 radical (unpaired) electrons. The topological polar surface area (TPSA) is 29.3 Å². The summed E-state index contributed by atoms with van der Waals surface area (Å²) in [6.45, 7) is 5.24. The molecule has 1 heterocycles. The quantitative estimate of drug-likeness (QED) is 0.585. The maximum absolute atomic E-state index is 12.9. The van der Waals surface area contributed by atoms with Crippen molar-refractivity contribution >= 4 is 5.69 Å². The molecule has 2 N–H and O–H groups in total. The summed E-state index contributed by atoms with van der Waals surface area (Å²) in [5.74, 6) is 0.187. The van der Waals surface area contributed by atoms with Gasteiger partial charge in [-0.1, -0.05) is 26.2 Å². The molecule has 0 atom stereocenters. The summed E-state index contributed by atoms with van der Waals surface area (Å²) >= 11 is 0. The zero-order valence-corrected chi connectivity index (χ0v) is 13.8. The summed E-state index contributed by atoms with van der Waals surface area (Å²) < 4.78 is 38.7. The van der Waals surface area contributed by atoms with Crippen molar-refractivity contribution in [3.63, 3.8) is 0 Å². The number of hydrogen-bond donors (Lipinski definition) is 1. The Kier molecular flexibility index (Phi) is 6.33. The molecule has 0 aliphatic carbocycles. The second-order valence-electron chi connectivity index (χ2n) is 6.56. The number of alkyl halides is 3. The molecule has 1 fully saturated rings. The molecule has 0 saturated carbocycles. The fraction of sp³-hybridized carbons (Fsp3) is 0.667. The first-order valence-corrected chi connectivity index (χ1v) is 8.60.